The number of nitrogens with two attached hydrogens (primary N) is 1. The van der Waals surface area contributed by atoms with Gasteiger partial charge < -0.3 is 16.0 Å². The van der Waals surface area contributed by atoms with Gasteiger partial charge in [0.15, 0.2) is 0 Å². The third kappa shape index (κ3) is 3.29. The second-order valence-corrected chi connectivity index (χ2v) is 6.16. The average molecular weight is 267 g/mol. The lowest BCUT2D eigenvalue weighted by atomic mass is 9.84. The van der Waals surface area contributed by atoms with Crippen LogP contribution < -0.4 is 11.1 Å². The third-order valence-corrected chi connectivity index (χ3v) is 5.00. The fourth-order valence-corrected chi connectivity index (χ4v) is 3.92. The predicted molar refractivity (Wildman–Crippen MR) is 77.7 cm³/mol. The Labute approximate surface area is 117 Å². The molecule has 0 radical (unpaired) electrons. The molecule has 0 heterocycles. The molecule has 2 aliphatic carbocycles. The van der Waals surface area contributed by atoms with E-state index in [1.165, 1.54) is 25.7 Å². The summed E-state index contributed by atoms with van der Waals surface area (Å²) >= 11 is 0. The summed E-state index contributed by atoms with van der Waals surface area (Å²) in [6.07, 6.45) is 4.78. The van der Waals surface area contributed by atoms with E-state index >= 15 is 0 Å². The molecular weight excluding hydrogens is 238 g/mol. The van der Waals surface area contributed by atoms with Crippen molar-refractivity contribution >= 4 is 5.91 Å². The zero-order chi connectivity index (χ0) is 13.8. The Kier molecular flexibility index (Phi) is 5.22. The van der Waals surface area contributed by atoms with Crippen LogP contribution in [0.3, 0.4) is 0 Å². The number of nitrogens with one attached hydrogen (secondary N) is 1. The van der Waals surface area contributed by atoms with E-state index in [9.17, 15) is 4.79 Å². The Morgan fingerprint density at radius 2 is 2.00 bits per heavy atom. The van der Waals surface area contributed by atoms with Gasteiger partial charge in [-0.15, -0.1) is 0 Å². The Morgan fingerprint density at radius 1 is 1.26 bits per heavy atom. The molecule has 4 heteroatoms. The van der Waals surface area contributed by atoms with Gasteiger partial charge in [0.05, 0.1) is 5.92 Å². The highest BCUT2D eigenvalue weighted by Crippen LogP contribution is 2.47. The smallest absolute Gasteiger partial charge is 0.225 e. The summed E-state index contributed by atoms with van der Waals surface area (Å²) in [6.45, 7) is 8.23. The first-order valence-electron chi connectivity index (χ1n) is 7.93. The lowest BCUT2D eigenvalue weighted by molar-refractivity contribution is -0.127. The Bertz CT molecular complexity index is 306. The van der Waals surface area contributed by atoms with Crippen LogP contribution in [0.4, 0.5) is 0 Å². The highest BCUT2D eigenvalue weighted by atomic mass is 16.1. The molecule has 2 bridgehead atoms. The monoisotopic (exact) mass is 267 g/mol. The predicted octanol–water partition coefficient (Wildman–Crippen LogP) is 1.21. The van der Waals surface area contributed by atoms with Gasteiger partial charge in [0, 0.05) is 19.1 Å². The van der Waals surface area contributed by atoms with Crippen molar-refractivity contribution in [3.05, 3.63) is 0 Å². The lowest BCUT2D eigenvalue weighted by Crippen LogP contribution is -2.46. The third-order valence-electron chi connectivity index (χ3n) is 5.00. The number of likely N-dealkylation sites (N-methyl/N-ethyl adjacent to an activating group) is 1. The molecule has 0 aromatic carbocycles. The number of fused-ring (bicyclic) bond motifs is 2. The number of hydrogen-bond donors (Lipinski definition) is 2. The highest BCUT2D eigenvalue weighted by Gasteiger charge is 2.48. The summed E-state index contributed by atoms with van der Waals surface area (Å²) < 4.78 is 0. The van der Waals surface area contributed by atoms with Crippen molar-refractivity contribution in [2.24, 2.45) is 23.5 Å². The summed E-state index contributed by atoms with van der Waals surface area (Å²) in [5.74, 6) is 1.44. The van der Waals surface area contributed by atoms with Gasteiger partial charge in [-0.3, -0.25) is 4.79 Å². The molecule has 0 aromatic heterocycles. The number of hydrogen-bond acceptors (Lipinski definition) is 3. The first-order valence-corrected chi connectivity index (χ1v) is 7.93. The van der Waals surface area contributed by atoms with Gasteiger partial charge in [0.2, 0.25) is 5.91 Å². The molecule has 4 unspecified atom stereocenters. The van der Waals surface area contributed by atoms with Crippen LogP contribution in [0.5, 0.6) is 0 Å². The van der Waals surface area contributed by atoms with Gasteiger partial charge in [-0.25, -0.2) is 0 Å². The fourth-order valence-electron chi connectivity index (χ4n) is 3.92. The summed E-state index contributed by atoms with van der Waals surface area (Å²) in [7, 11) is 0. The van der Waals surface area contributed by atoms with Crippen LogP contribution >= 0.6 is 0 Å². The zero-order valence-electron chi connectivity index (χ0n) is 12.4. The van der Waals surface area contributed by atoms with E-state index in [1.807, 2.05) is 0 Å². The molecule has 2 fully saturated rings. The Hall–Kier alpha value is -0.610. The maximum absolute atomic E-state index is 12.3. The van der Waals surface area contributed by atoms with E-state index in [1.54, 1.807) is 0 Å². The van der Waals surface area contributed by atoms with Crippen molar-refractivity contribution < 1.29 is 4.79 Å². The van der Waals surface area contributed by atoms with Crippen LogP contribution in [-0.4, -0.2) is 43.0 Å². The van der Waals surface area contributed by atoms with Crippen LogP contribution in [0, 0.1) is 17.8 Å². The van der Waals surface area contributed by atoms with E-state index < -0.39 is 0 Å². The summed E-state index contributed by atoms with van der Waals surface area (Å²) in [5.41, 5.74) is 6.20. The van der Waals surface area contributed by atoms with Crippen LogP contribution in [0.2, 0.25) is 0 Å². The van der Waals surface area contributed by atoms with Crippen LogP contribution in [-0.2, 0) is 4.79 Å². The van der Waals surface area contributed by atoms with E-state index in [4.69, 9.17) is 5.73 Å². The number of carbonyl (C=O) groups is 1. The van der Waals surface area contributed by atoms with Gasteiger partial charge in [0.1, 0.15) is 0 Å². The van der Waals surface area contributed by atoms with E-state index in [0.29, 0.717) is 11.8 Å². The molecule has 19 heavy (non-hydrogen) atoms. The number of carbonyl (C=O) groups excluding carboxylic acids is 1. The normalized spacial score (nSPS) is 33.1. The maximum atomic E-state index is 12.3. The lowest BCUT2D eigenvalue weighted by Gasteiger charge is -2.27. The zero-order valence-corrected chi connectivity index (χ0v) is 12.4. The molecule has 0 aliphatic heterocycles. The van der Waals surface area contributed by atoms with E-state index in [-0.39, 0.29) is 17.9 Å². The van der Waals surface area contributed by atoms with Crippen molar-refractivity contribution in [3.63, 3.8) is 0 Å². The summed E-state index contributed by atoms with van der Waals surface area (Å²) in [4.78, 5) is 14.6. The quantitative estimate of drug-likeness (QED) is 0.729. The number of nitrogens with zero attached hydrogens (tertiary/aromatic N) is 1. The molecule has 1 amide bonds. The first kappa shape index (κ1) is 14.8. The largest absolute Gasteiger partial charge is 0.355 e. The van der Waals surface area contributed by atoms with E-state index in [2.05, 4.69) is 24.1 Å². The molecule has 4 atom stereocenters. The fraction of sp³-hybridized carbons (Fsp3) is 0.933. The minimum atomic E-state index is 0.0833. The maximum Gasteiger partial charge on any atom is 0.225 e. The molecule has 4 nitrogen and oxygen atoms in total. The van der Waals surface area contributed by atoms with Gasteiger partial charge in [-0.2, -0.15) is 0 Å². The van der Waals surface area contributed by atoms with Crippen LogP contribution in [0.1, 0.15) is 39.5 Å². The SMILES string of the molecule is CCCN(CC)CCNC(=O)C1C2CCC(C2)C1N. The van der Waals surface area contributed by atoms with Crippen molar-refractivity contribution in [2.75, 3.05) is 26.2 Å². The molecular formula is C15H29N3O. The molecule has 0 saturated heterocycles. The minimum absolute atomic E-state index is 0.0833. The standard InChI is InChI=1S/C15H29N3O/c1-3-8-18(4-2)9-7-17-15(19)13-11-5-6-12(10-11)14(13)16/h11-14H,3-10,16H2,1-2H3,(H,17,19). The topological polar surface area (TPSA) is 58.4 Å². The average Bonchev–Trinajstić information content (AvgIpc) is 2.98. The van der Waals surface area contributed by atoms with Crippen molar-refractivity contribution in [1.29, 1.82) is 0 Å². The van der Waals surface area contributed by atoms with Gasteiger partial charge in [-0.05, 0) is 50.6 Å². The van der Waals surface area contributed by atoms with Gasteiger partial charge in [-0.1, -0.05) is 13.8 Å². The molecule has 0 spiro atoms. The molecule has 2 saturated carbocycles. The van der Waals surface area contributed by atoms with Gasteiger partial charge in [0.25, 0.3) is 0 Å². The Balaban J connectivity index is 1.73. The number of amides is 1. The molecule has 0 aromatic rings. The van der Waals surface area contributed by atoms with Crippen LogP contribution in [0.25, 0.3) is 0 Å². The van der Waals surface area contributed by atoms with Crippen molar-refractivity contribution in [2.45, 2.75) is 45.6 Å². The number of rotatable bonds is 7. The van der Waals surface area contributed by atoms with Crippen molar-refractivity contribution in [3.8, 4) is 0 Å². The van der Waals surface area contributed by atoms with Crippen LogP contribution in [0.15, 0.2) is 0 Å². The highest BCUT2D eigenvalue weighted by molar-refractivity contribution is 5.80. The summed E-state index contributed by atoms with van der Waals surface area (Å²) in [6, 6.07) is 0.108. The van der Waals surface area contributed by atoms with Gasteiger partial charge >= 0.3 is 0 Å². The molecule has 110 valence electrons. The second-order valence-electron chi connectivity index (χ2n) is 6.16. The summed E-state index contributed by atoms with van der Waals surface area (Å²) in [5, 5.41) is 3.10. The van der Waals surface area contributed by atoms with E-state index in [0.717, 1.165) is 26.2 Å². The Morgan fingerprint density at radius 3 is 2.58 bits per heavy atom. The molecule has 2 rings (SSSR count). The molecule has 2 aliphatic rings. The second kappa shape index (κ2) is 6.71. The minimum Gasteiger partial charge on any atom is -0.355 e. The first-order chi connectivity index (χ1) is 9.17. The molecule has 3 N–H and O–H groups in total. The van der Waals surface area contributed by atoms with Crippen molar-refractivity contribution in [1.82, 2.24) is 10.2 Å².